The van der Waals surface area contributed by atoms with Crippen molar-refractivity contribution < 1.29 is 4.79 Å². The van der Waals surface area contributed by atoms with Gasteiger partial charge in [0.15, 0.2) is 0 Å². The topological polar surface area (TPSA) is 72.9 Å². The summed E-state index contributed by atoms with van der Waals surface area (Å²) >= 11 is 0. The van der Waals surface area contributed by atoms with E-state index in [-0.39, 0.29) is 11.9 Å². The van der Waals surface area contributed by atoms with Gasteiger partial charge in [-0.25, -0.2) is 0 Å². The van der Waals surface area contributed by atoms with Gasteiger partial charge in [-0.1, -0.05) is 0 Å². The minimum atomic E-state index is -0.640. The Hall–Kier alpha value is -1.36. The zero-order chi connectivity index (χ0) is 12.8. The molecule has 1 aliphatic carbocycles. The summed E-state index contributed by atoms with van der Waals surface area (Å²) in [5.74, 6) is -0.0907. The third-order valence-electron chi connectivity index (χ3n) is 3.29. The molecule has 1 amide bonds. The van der Waals surface area contributed by atoms with Crippen molar-refractivity contribution in [3.63, 3.8) is 0 Å². The Morgan fingerprint density at radius 1 is 1.47 bits per heavy atom. The number of aryl methyl sites for hydroxylation is 1. The van der Waals surface area contributed by atoms with Crippen LogP contribution < -0.4 is 11.1 Å². The van der Waals surface area contributed by atoms with Gasteiger partial charge in [0.2, 0.25) is 5.91 Å². The predicted octanol–water partition coefficient (Wildman–Crippen LogP) is 1.51. The summed E-state index contributed by atoms with van der Waals surface area (Å²) in [7, 11) is 0. The third kappa shape index (κ3) is 2.07. The molecule has 0 saturated heterocycles. The fourth-order valence-electron chi connectivity index (χ4n) is 1.95. The number of carbonyl (C=O) groups is 1. The second kappa shape index (κ2) is 3.84. The summed E-state index contributed by atoms with van der Waals surface area (Å²) < 4.78 is 1.92. The molecule has 0 aliphatic heterocycles. The molecule has 17 heavy (non-hydrogen) atoms. The van der Waals surface area contributed by atoms with Crippen LogP contribution >= 0.6 is 0 Å². The number of anilines is 1. The molecule has 0 aromatic carbocycles. The van der Waals surface area contributed by atoms with E-state index >= 15 is 0 Å². The second-order valence-electron chi connectivity index (χ2n) is 5.19. The van der Waals surface area contributed by atoms with Crippen LogP contribution in [0.4, 0.5) is 5.69 Å². The molecule has 0 unspecified atom stereocenters. The second-order valence-corrected chi connectivity index (χ2v) is 5.19. The van der Waals surface area contributed by atoms with Gasteiger partial charge in [-0.2, -0.15) is 5.10 Å². The summed E-state index contributed by atoms with van der Waals surface area (Å²) in [5, 5.41) is 7.34. The van der Waals surface area contributed by atoms with E-state index in [0.29, 0.717) is 0 Å². The van der Waals surface area contributed by atoms with Gasteiger partial charge in [0, 0.05) is 6.04 Å². The van der Waals surface area contributed by atoms with Crippen LogP contribution in [0.15, 0.2) is 0 Å². The van der Waals surface area contributed by atoms with Gasteiger partial charge in [0.1, 0.15) is 0 Å². The first-order chi connectivity index (χ1) is 7.85. The van der Waals surface area contributed by atoms with Crippen molar-refractivity contribution in [1.82, 2.24) is 9.78 Å². The van der Waals surface area contributed by atoms with Gasteiger partial charge in [-0.15, -0.1) is 0 Å². The maximum atomic E-state index is 11.9. The quantitative estimate of drug-likeness (QED) is 0.835. The van der Waals surface area contributed by atoms with Gasteiger partial charge in [-0.05, 0) is 40.5 Å². The first-order valence-corrected chi connectivity index (χ1v) is 6.01. The summed E-state index contributed by atoms with van der Waals surface area (Å²) in [6.07, 6.45) is 1.55. The Morgan fingerprint density at radius 3 is 2.47 bits per heavy atom. The lowest BCUT2D eigenvalue weighted by atomic mass is 10.2. The molecule has 3 N–H and O–H groups in total. The van der Waals surface area contributed by atoms with E-state index in [0.717, 1.165) is 29.9 Å². The standard InChI is InChI=1S/C12H20N4O/c1-7(2)16-9(4)10(8(3)15-16)14-11(17)12(13)5-6-12/h7H,5-6,13H2,1-4H3,(H,14,17). The lowest BCUT2D eigenvalue weighted by Crippen LogP contribution is -2.38. The van der Waals surface area contributed by atoms with Crippen molar-refractivity contribution >= 4 is 11.6 Å². The maximum absolute atomic E-state index is 11.9. The molecule has 1 aliphatic rings. The summed E-state index contributed by atoms with van der Waals surface area (Å²) in [5.41, 5.74) is 7.85. The number of nitrogens with zero attached hydrogens (tertiary/aromatic N) is 2. The Balaban J connectivity index is 2.24. The first kappa shape index (κ1) is 12.1. The van der Waals surface area contributed by atoms with Gasteiger partial charge in [0.25, 0.3) is 0 Å². The summed E-state index contributed by atoms with van der Waals surface area (Å²) in [4.78, 5) is 11.9. The maximum Gasteiger partial charge on any atom is 0.244 e. The van der Waals surface area contributed by atoms with Crippen LogP contribution in [0, 0.1) is 13.8 Å². The molecule has 1 saturated carbocycles. The van der Waals surface area contributed by atoms with E-state index in [1.54, 1.807) is 0 Å². The van der Waals surface area contributed by atoms with E-state index in [9.17, 15) is 4.79 Å². The number of hydrogen-bond acceptors (Lipinski definition) is 3. The van der Waals surface area contributed by atoms with Crippen LogP contribution in [0.1, 0.15) is 44.1 Å². The molecular weight excluding hydrogens is 216 g/mol. The fourth-order valence-corrected chi connectivity index (χ4v) is 1.95. The Labute approximate surface area is 101 Å². The number of nitrogens with one attached hydrogen (secondary N) is 1. The number of amides is 1. The smallest absolute Gasteiger partial charge is 0.244 e. The Bertz CT molecular complexity index is 457. The molecule has 5 nitrogen and oxygen atoms in total. The van der Waals surface area contributed by atoms with Crippen molar-refractivity contribution in [2.24, 2.45) is 5.73 Å². The van der Waals surface area contributed by atoms with Gasteiger partial charge in [0.05, 0.1) is 22.6 Å². The van der Waals surface area contributed by atoms with Crippen LogP contribution in [-0.2, 0) is 4.79 Å². The largest absolute Gasteiger partial charge is 0.321 e. The van der Waals surface area contributed by atoms with Crippen LogP contribution in [0.25, 0.3) is 0 Å². The molecule has 0 spiro atoms. The van der Waals surface area contributed by atoms with Crippen molar-refractivity contribution in [3.05, 3.63) is 11.4 Å². The summed E-state index contributed by atoms with van der Waals surface area (Å²) in [6.45, 7) is 8.00. The minimum absolute atomic E-state index is 0.0907. The molecular formula is C12H20N4O. The molecule has 0 radical (unpaired) electrons. The molecule has 0 bridgehead atoms. The van der Waals surface area contributed by atoms with Crippen LogP contribution in [0.2, 0.25) is 0 Å². The molecule has 5 heteroatoms. The third-order valence-corrected chi connectivity index (χ3v) is 3.29. The van der Waals surface area contributed by atoms with E-state index in [2.05, 4.69) is 24.3 Å². The van der Waals surface area contributed by atoms with Crippen molar-refractivity contribution in [3.8, 4) is 0 Å². The zero-order valence-electron chi connectivity index (χ0n) is 10.9. The average Bonchev–Trinajstić information content (AvgIpc) is 2.93. The monoisotopic (exact) mass is 236 g/mol. The van der Waals surface area contributed by atoms with Gasteiger partial charge in [-0.3, -0.25) is 9.48 Å². The molecule has 0 atom stereocenters. The Kier molecular flexibility index (Phi) is 2.73. The van der Waals surface area contributed by atoms with E-state index in [4.69, 9.17) is 5.73 Å². The van der Waals surface area contributed by atoms with E-state index in [1.807, 2.05) is 18.5 Å². The van der Waals surface area contributed by atoms with Crippen LogP contribution in [0.3, 0.4) is 0 Å². The molecule has 1 heterocycles. The summed E-state index contributed by atoms with van der Waals surface area (Å²) in [6, 6.07) is 0.284. The number of carbonyl (C=O) groups excluding carboxylic acids is 1. The predicted molar refractivity (Wildman–Crippen MR) is 66.9 cm³/mol. The average molecular weight is 236 g/mol. The highest BCUT2D eigenvalue weighted by Gasteiger charge is 2.46. The minimum Gasteiger partial charge on any atom is -0.321 e. The number of rotatable bonds is 3. The molecule has 1 fully saturated rings. The van der Waals surface area contributed by atoms with Crippen LogP contribution in [-0.4, -0.2) is 21.2 Å². The molecule has 1 aromatic heterocycles. The highest BCUT2D eigenvalue weighted by molar-refractivity contribution is 6.00. The fraction of sp³-hybridized carbons (Fsp3) is 0.667. The number of nitrogens with two attached hydrogens (primary N) is 1. The molecule has 94 valence electrons. The highest BCUT2D eigenvalue weighted by Crippen LogP contribution is 2.34. The lowest BCUT2D eigenvalue weighted by Gasteiger charge is -2.11. The van der Waals surface area contributed by atoms with Crippen LogP contribution in [0.5, 0.6) is 0 Å². The Morgan fingerprint density at radius 2 is 2.06 bits per heavy atom. The van der Waals surface area contributed by atoms with Gasteiger partial charge >= 0.3 is 0 Å². The molecule has 2 rings (SSSR count). The van der Waals surface area contributed by atoms with E-state index in [1.165, 1.54) is 0 Å². The van der Waals surface area contributed by atoms with Crippen molar-refractivity contribution in [1.29, 1.82) is 0 Å². The lowest BCUT2D eigenvalue weighted by molar-refractivity contribution is -0.118. The number of aromatic nitrogens is 2. The zero-order valence-corrected chi connectivity index (χ0v) is 10.9. The SMILES string of the molecule is Cc1nn(C(C)C)c(C)c1NC(=O)C1(N)CC1. The van der Waals surface area contributed by atoms with Crippen molar-refractivity contribution in [2.45, 2.75) is 52.1 Å². The number of hydrogen-bond donors (Lipinski definition) is 2. The van der Waals surface area contributed by atoms with E-state index < -0.39 is 5.54 Å². The normalized spacial score (nSPS) is 17.3. The first-order valence-electron chi connectivity index (χ1n) is 6.01. The molecule has 1 aromatic rings. The van der Waals surface area contributed by atoms with Gasteiger partial charge < -0.3 is 11.1 Å². The van der Waals surface area contributed by atoms with Crippen molar-refractivity contribution in [2.75, 3.05) is 5.32 Å². The highest BCUT2D eigenvalue weighted by atomic mass is 16.2.